The number of hydrogen-bond acceptors (Lipinski definition) is 7. The maximum Gasteiger partial charge on any atom is 0.267 e. The van der Waals surface area contributed by atoms with Gasteiger partial charge in [0.15, 0.2) is 0 Å². The summed E-state index contributed by atoms with van der Waals surface area (Å²) in [7, 11) is 0. The lowest BCUT2D eigenvalue weighted by Crippen LogP contribution is -2.36. The number of benzene rings is 2. The number of aromatic nitrogens is 2. The number of primary amides is 1. The van der Waals surface area contributed by atoms with Crippen molar-refractivity contribution in [3.8, 4) is 0 Å². The molecule has 0 atom stereocenters. The van der Waals surface area contributed by atoms with E-state index in [4.69, 9.17) is 22.1 Å². The van der Waals surface area contributed by atoms with Crippen molar-refractivity contribution in [3.05, 3.63) is 70.4 Å². The average Bonchev–Trinajstić information content (AvgIpc) is 2.81. The number of halogens is 2. The highest BCUT2D eigenvalue weighted by Gasteiger charge is 2.16. The van der Waals surface area contributed by atoms with Crippen LogP contribution in [0.15, 0.2) is 42.5 Å². The Kier molecular flexibility index (Phi) is 6.90. The number of morpholine rings is 1. The summed E-state index contributed by atoms with van der Waals surface area (Å²) in [4.78, 5) is 34.1. The number of rotatable bonds is 6. The fourth-order valence-electron chi connectivity index (χ4n) is 3.49. The molecule has 1 aliphatic heterocycles. The van der Waals surface area contributed by atoms with Gasteiger partial charge in [0.05, 0.1) is 13.2 Å². The van der Waals surface area contributed by atoms with E-state index in [2.05, 4.69) is 20.6 Å². The average molecular weight is 485 g/mol. The van der Waals surface area contributed by atoms with Gasteiger partial charge in [-0.1, -0.05) is 6.07 Å². The first-order valence-electron chi connectivity index (χ1n) is 10.5. The van der Waals surface area contributed by atoms with E-state index < -0.39 is 17.6 Å². The minimum atomic E-state index is -0.739. The van der Waals surface area contributed by atoms with Crippen molar-refractivity contribution < 1.29 is 18.7 Å². The topological polar surface area (TPSA) is 122 Å². The Balaban J connectivity index is 1.54. The third kappa shape index (κ3) is 5.59. The number of hydrogen-bond donors (Lipinski definition) is 3. The van der Waals surface area contributed by atoms with Gasteiger partial charge >= 0.3 is 0 Å². The van der Waals surface area contributed by atoms with E-state index in [1.165, 1.54) is 18.2 Å². The summed E-state index contributed by atoms with van der Waals surface area (Å²) in [5.74, 6) is -1.42. The number of amides is 2. The van der Waals surface area contributed by atoms with Crippen LogP contribution in [0.3, 0.4) is 0 Å². The number of nitrogens with one attached hydrogen (secondary N) is 2. The van der Waals surface area contributed by atoms with Crippen LogP contribution in [0.4, 0.5) is 27.3 Å². The van der Waals surface area contributed by atoms with Crippen LogP contribution in [0.5, 0.6) is 0 Å². The number of ether oxygens (including phenoxy) is 1. The minimum absolute atomic E-state index is 0.0354. The molecule has 1 aliphatic rings. The monoisotopic (exact) mass is 484 g/mol. The molecule has 34 heavy (non-hydrogen) atoms. The molecule has 4 N–H and O–H groups in total. The molecule has 1 aromatic heterocycles. The molecule has 0 saturated carbocycles. The SMILES string of the molecule is Cc1ccc(NC(=O)c2cc(F)cc(N3CCOCC3)c2)cc1Nc1cc(C(N)=O)nc(Cl)n1. The van der Waals surface area contributed by atoms with Crippen molar-refractivity contribution >= 4 is 46.3 Å². The summed E-state index contributed by atoms with van der Waals surface area (Å²) in [5.41, 5.74) is 8.00. The number of carbonyl (C=O) groups excluding carboxylic acids is 2. The van der Waals surface area contributed by atoms with Crippen molar-refractivity contribution in [2.45, 2.75) is 6.92 Å². The highest BCUT2D eigenvalue weighted by atomic mass is 35.5. The molecule has 0 bridgehead atoms. The highest BCUT2D eigenvalue weighted by molar-refractivity contribution is 6.28. The van der Waals surface area contributed by atoms with Crippen LogP contribution >= 0.6 is 11.6 Å². The second-order valence-corrected chi connectivity index (χ2v) is 8.02. The van der Waals surface area contributed by atoms with E-state index in [-0.39, 0.29) is 22.4 Å². The molecule has 0 radical (unpaired) electrons. The summed E-state index contributed by atoms with van der Waals surface area (Å²) in [5, 5.41) is 5.70. The third-order valence-electron chi connectivity index (χ3n) is 5.23. The van der Waals surface area contributed by atoms with Crippen LogP contribution in [-0.2, 0) is 4.74 Å². The Morgan fingerprint density at radius 3 is 2.62 bits per heavy atom. The molecular formula is C23H22ClFN6O3. The normalized spacial score (nSPS) is 13.4. The van der Waals surface area contributed by atoms with Gasteiger partial charge in [0.25, 0.3) is 11.8 Å². The Bertz CT molecular complexity index is 1250. The molecule has 9 nitrogen and oxygen atoms in total. The molecule has 2 aromatic carbocycles. The lowest BCUT2D eigenvalue weighted by molar-refractivity contribution is 0.0993. The van der Waals surface area contributed by atoms with Crippen LogP contribution < -0.4 is 21.3 Å². The molecule has 1 fully saturated rings. The summed E-state index contributed by atoms with van der Waals surface area (Å²) >= 11 is 5.88. The molecular weight excluding hydrogens is 463 g/mol. The van der Waals surface area contributed by atoms with Crippen molar-refractivity contribution in [2.24, 2.45) is 5.73 Å². The van der Waals surface area contributed by atoms with Crippen molar-refractivity contribution in [1.82, 2.24) is 9.97 Å². The van der Waals surface area contributed by atoms with Crippen molar-refractivity contribution in [3.63, 3.8) is 0 Å². The second-order valence-electron chi connectivity index (χ2n) is 7.68. The van der Waals surface area contributed by atoms with E-state index >= 15 is 0 Å². The van der Waals surface area contributed by atoms with Crippen LogP contribution in [0.25, 0.3) is 0 Å². The Morgan fingerprint density at radius 1 is 1.12 bits per heavy atom. The Morgan fingerprint density at radius 2 is 1.88 bits per heavy atom. The molecule has 2 amide bonds. The van der Waals surface area contributed by atoms with Gasteiger partial charge in [-0.25, -0.2) is 14.4 Å². The summed E-state index contributed by atoms with van der Waals surface area (Å²) in [6.45, 7) is 4.21. The first kappa shape index (κ1) is 23.4. The van der Waals surface area contributed by atoms with Gasteiger partial charge in [0.1, 0.15) is 17.3 Å². The van der Waals surface area contributed by atoms with E-state index in [9.17, 15) is 14.0 Å². The van der Waals surface area contributed by atoms with Crippen molar-refractivity contribution in [1.29, 1.82) is 0 Å². The lowest BCUT2D eigenvalue weighted by atomic mass is 10.1. The maximum atomic E-state index is 14.3. The van der Waals surface area contributed by atoms with Gasteiger partial charge in [-0.05, 0) is 54.4 Å². The smallest absolute Gasteiger partial charge is 0.267 e. The third-order valence-corrected chi connectivity index (χ3v) is 5.40. The number of nitrogens with two attached hydrogens (primary N) is 1. The first-order chi connectivity index (χ1) is 16.3. The predicted octanol–water partition coefficient (Wildman–Crippen LogP) is 3.51. The van der Waals surface area contributed by atoms with Gasteiger partial charge < -0.3 is 26.0 Å². The summed E-state index contributed by atoms with van der Waals surface area (Å²) in [6.07, 6.45) is 0. The van der Waals surface area contributed by atoms with Gasteiger partial charge in [-0.2, -0.15) is 0 Å². The zero-order chi connectivity index (χ0) is 24.2. The largest absolute Gasteiger partial charge is 0.378 e. The maximum absolute atomic E-state index is 14.3. The summed E-state index contributed by atoms with van der Waals surface area (Å²) < 4.78 is 19.6. The molecule has 0 spiro atoms. The molecule has 11 heteroatoms. The fourth-order valence-corrected chi connectivity index (χ4v) is 3.68. The minimum Gasteiger partial charge on any atom is -0.378 e. The molecule has 1 saturated heterocycles. The van der Waals surface area contributed by atoms with Gasteiger partial charge in [0, 0.05) is 41.8 Å². The fraction of sp³-hybridized carbons (Fsp3) is 0.217. The first-order valence-corrected chi connectivity index (χ1v) is 10.8. The molecule has 2 heterocycles. The van der Waals surface area contributed by atoms with E-state index in [0.29, 0.717) is 43.4 Å². The molecule has 0 aliphatic carbocycles. The standard InChI is InChI=1S/C23H22ClFN6O3/c1-13-2-3-16(11-18(13)28-20-12-19(21(26)32)29-23(24)30-20)27-22(33)14-8-15(25)10-17(9-14)31-4-6-34-7-5-31/h2-3,8-12H,4-7H2,1H3,(H2,26,32)(H,27,33)(H,28,29,30). The zero-order valence-corrected chi connectivity index (χ0v) is 19.0. The lowest BCUT2D eigenvalue weighted by Gasteiger charge is -2.29. The number of aryl methyl sites for hydroxylation is 1. The number of carbonyl (C=O) groups is 2. The number of anilines is 4. The van der Waals surface area contributed by atoms with Gasteiger partial charge in [-0.3, -0.25) is 9.59 Å². The molecule has 3 aromatic rings. The van der Waals surface area contributed by atoms with Crippen LogP contribution in [0, 0.1) is 12.7 Å². The number of nitrogens with zero attached hydrogens (tertiary/aromatic N) is 3. The quantitative estimate of drug-likeness (QED) is 0.457. The Hall–Kier alpha value is -3.76. The van der Waals surface area contributed by atoms with Crippen LogP contribution in [0.1, 0.15) is 26.4 Å². The van der Waals surface area contributed by atoms with E-state index in [0.717, 1.165) is 5.56 Å². The van der Waals surface area contributed by atoms with Gasteiger partial charge in [0.2, 0.25) is 5.28 Å². The predicted molar refractivity (Wildman–Crippen MR) is 127 cm³/mol. The highest BCUT2D eigenvalue weighted by Crippen LogP contribution is 2.26. The zero-order valence-electron chi connectivity index (χ0n) is 18.3. The molecule has 176 valence electrons. The summed E-state index contributed by atoms with van der Waals surface area (Å²) in [6, 6.07) is 10.8. The van der Waals surface area contributed by atoms with Crippen molar-refractivity contribution in [2.75, 3.05) is 41.8 Å². The van der Waals surface area contributed by atoms with Crippen LogP contribution in [0.2, 0.25) is 5.28 Å². The van der Waals surface area contributed by atoms with E-state index in [1.54, 1.807) is 24.3 Å². The molecule has 0 unspecified atom stereocenters. The van der Waals surface area contributed by atoms with Crippen LogP contribution in [-0.4, -0.2) is 48.1 Å². The van der Waals surface area contributed by atoms with E-state index in [1.807, 2.05) is 11.8 Å². The molecule has 4 rings (SSSR count). The second kappa shape index (κ2) is 10.0. The Labute approximate surface area is 200 Å². The van der Waals surface area contributed by atoms with Gasteiger partial charge in [-0.15, -0.1) is 0 Å².